The van der Waals surface area contributed by atoms with Crippen molar-refractivity contribution in [2.75, 3.05) is 43.0 Å². The van der Waals surface area contributed by atoms with E-state index in [0.717, 1.165) is 83.4 Å². The fourth-order valence-corrected chi connectivity index (χ4v) is 9.44. The summed E-state index contributed by atoms with van der Waals surface area (Å²) in [4.78, 5) is 51.9. The molecule has 2 fully saturated rings. The lowest BCUT2D eigenvalue weighted by molar-refractivity contribution is -0.145. The van der Waals surface area contributed by atoms with Gasteiger partial charge < -0.3 is 19.5 Å². The van der Waals surface area contributed by atoms with Crippen molar-refractivity contribution in [2.24, 2.45) is 5.41 Å². The zero-order valence-electron chi connectivity index (χ0n) is 31.2. The summed E-state index contributed by atoms with van der Waals surface area (Å²) in [6, 6.07) is 23.1. The van der Waals surface area contributed by atoms with Crippen molar-refractivity contribution in [3.8, 4) is 16.9 Å². The molecular formula is C43H45N5O6S. The summed E-state index contributed by atoms with van der Waals surface area (Å²) in [7, 11) is 0. The number of hydrogen-bond acceptors (Lipinski definition) is 10. The molecule has 0 radical (unpaired) electrons. The van der Waals surface area contributed by atoms with Crippen LogP contribution in [-0.4, -0.2) is 76.7 Å². The number of piperidine rings is 1. The standard InChI is InChI=1S/C43H45N5O6S/c1-3-53-38(49)26-47-22-19-43(20-23-47)18-16-29(24-43)54-35-12-7-9-30(27(35)2)31-14-15-37(45-39(31)41(51)52)48-21-17-28-8-6-10-32(33(28)25-48)40(50)46-42-44-34-11-4-5-13-36(34)55-42/h4-15,29H,3,16-26H2,1-2H3,(H,51,52)(H,44,46,50). The summed E-state index contributed by atoms with van der Waals surface area (Å²) in [6.45, 7) is 7.38. The summed E-state index contributed by atoms with van der Waals surface area (Å²) >= 11 is 1.44. The Kier molecular flexibility index (Phi) is 10.3. The van der Waals surface area contributed by atoms with E-state index < -0.39 is 5.97 Å². The molecule has 2 N–H and O–H groups in total. The van der Waals surface area contributed by atoms with Gasteiger partial charge in [-0.15, -0.1) is 0 Å². The Labute approximate surface area is 324 Å². The molecule has 8 rings (SSSR count). The molecule has 2 aliphatic heterocycles. The van der Waals surface area contributed by atoms with E-state index in [0.29, 0.717) is 54.7 Å². The van der Waals surface area contributed by atoms with Crippen molar-refractivity contribution >= 4 is 50.3 Å². The van der Waals surface area contributed by atoms with Crippen LogP contribution in [0.15, 0.2) is 72.8 Å². The molecule has 0 bridgehead atoms. The number of aromatic nitrogens is 2. The van der Waals surface area contributed by atoms with E-state index in [1.54, 1.807) is 0 Å². The topological polar surface area (TPSA) is 134 Å². The number of carboxylic acids is 1. The van der Waals surface area contributed by atoms with Crippen LogP contribution in [0.5, 0.6) is 5.75 Å². The van der Waals surface area contributed by atoms with Gasteiger partial charge in [-0.2, -0.15) is 0 Å². The Morgan fingerprint density at radius 3 is 2.56 bits per heavy atom. The highest BCUT2D eigenvalue weighted by molar-refractivity contribution is 7.22. The number of pyridine rings is 1. The second-order valence-corrected chi connectivity index (χ2v) is 15.9. The molecule has 1 atom stereocenters. The first-order chi connectivity index (χ1) is 26.7. The lowest BCUT2D eigenvalue weighted by Gasteiger charge is -2.39. The lowest BCUT2D eigenvalue weighted by atomic mass is 9.77. The molecule has 55 heavy (non-hydrogen) atoms. The number of carboxylic acid groups (broad SMARTS) is 1. The molecule has 2 aromatic heterocycles. The van der Waals surface area contributed by atoms with Crippen molar-refractivity contribution in [1.29, 1.82) is 0 Å². The van der Waals surface area contributed by atoms with E-state index in [9.17, 15) is 19.5 Å². The molecule has 1 aliphatic carbocycles. The van der Waals surface area contributed by atoms with E-state index >= 15 is 0 Å². The average molecular weight is 760 g/mol. The quantitative estimate of drug-likeness (QED) is 0.136. The maximum absolute atomic E-state index is 13.6. The minimum absolute atomic E-state index is 0.0280. The molecule has 1 spiro atoms. The minimum Gasteiger partial charge on any atom is -0.490 e. The SMILES string of the molecule is CCOC(=O)CN1CCC2(CCC(Oc3cccc(-c4ccc(N5CCc6cccc(C(=O)Nc7nc8ccccc8s7)c6C5)nc4C(=O)O)c3C)C2)CC1. The summed E-state index contributed by atoms with van der Waals surface area (Å²) < 4.78 is 12.8. The third-order valence-electron chi connectivity index (χ3n) is 11.5. The van der Waals surface area contributed by atoms with Gasteiger partial charge in [0.2, 0.25) is 0 Å². The highest BCUT2D eigenvalue weighted by Crippen LogP contribution is 2.48. The van der Waals surface area contributed by atoms with Crippen molar-refractivity contribution in [3.05, 3.63) is 101 Å². The smallest absolute Gasteiger partial charge is 0.355 e. The Hall–Kier alpha value is -5.33. The van der Waals surface area contributed by atoms with Crippen LogP contribution in [0.25, 0.3) is 21.3 Å². The normalized spacial score (nSPS) is 17.9. The zero-order chi connectivity index (χ0) is 38.1. The largest absolute Gasteiger partial charge is 0.490 e. The van der Waals surface area contributed by atoms with Crippen LogP contribution in [0.4, 0.5) is 10.9 Å². The Morgan fingerprint density at radius 1 is 0.945 bits per heavy atom. The van der Waals surface area contributed by atoms with Gasteiger partial charge in [0.1, 0.15) is 11.6 Å². The number of rotatable bonds is 10. The highest BCUT2D eigenvalue weighted by Gasteiger charge is 2.42. The maximum atomic E-state index is 13.6. The minimum atomic E-state index is -1.11. The number of carbonyl (C=O) groups excluding carboxylic acids is 2. The van der Waals surface area contributed by atoms with Crippen molar-refractivity contribution in [1.82, 2.24) is 14.9 Å². The Morgan fingerprint density at radius 2 is 1.76 bits per heavy atom. The van der Waals surface area contributed by atoms with E-state index in [1.807, 2.05) is 91.5 Å². The fourth-order valence-electron chi connectivity index (χ4n) is 8.58. The molecule has 12 heteroatoms. The number of thiazole rings is 1. The molecule has 5 aromatic rings. The summed E-state index contributed by atoms with van der Waals surface area (Å²) in [6.07, 6.45) is 5.84. The summed E-state index contributed by atoms with van der Waals surface area (Å²) in [5, 5.41) is 14.0. The van der Waals surface area contributed by atoms with E-state index in [1.165, 1.54) is 11.3 Å². The third-order valence-corrected chi connectivity index (χ3v) is 12.5. The fraction of sp³-hybridized carbons (Fsp3) is 0.372. The van der Waals surface area contributed by atoms with Crippen molar-refractivity contribution in [2.45, 2.75) is 65.0 Å². The summed E-state index contributed by atoms with van der Waals surface area (Å²) in [5.41, 5.74) is 5.75. The number of benzene rings is 3. The first-order valence-corrected chi connectivity index (χ1v) is 19.9. The molecule has 1 unspecified atom stereocenters. The number of esters is 1. The van der Waals surface area contributed by atoms with Gasteiger partial charge in [0.25, 0.3) is 5.91 Å². The molecule has 4 heterocycles. The molecule has 1 saturated carbocycles. The predicted octanol–water partition coefficient (Wildman–Crippen LogP) is 7.76. The van der Waals surface area contributed by atoms with Crippen LogP contribution in [0.2, 0.25) is 0 Å². The number of likely N-dealkylation sites (tertiary alicyclic amines) is 1. The number of hydrogen-bond donors (Lipinski definition) is 2. The monoisotopic (exact) mass is 759 g/mol. The number of ether oxygens (including phenoxy) is 2. The molecule has 3 aromatic carbocycles. The number of nitrogens with one attached hydrogen (secondary N) is 1. The molecule has 3 aliphatic rings. The van der Waals surface area contributed by atoms with Crippen LogP contribution >= 0.6 is 11.3 Å². The molecule has 11 nitrogen and oxygen atoms in total. The molecular weight excluding hydrogens is 715 g/mol. The van der Waals surface area contributed by atoms with Crippen LogP contribution in [0, 0.1) is 12.3 Å². The second-order valence-electron chi connectivity index (χ2n) is 14.9. The number of para-hydroxylation sites is 1. The number of carbonyl (C=O) groups is 3. The van der Waals surface area contributed by atoms with Crippen molar-refractivity contribution < 1.29 is 29.0 Å². The van der Waals surface area contributed by atoms with E-state index in [2.05, 4.69) is 15.2 Å². The maximum Gasteiger partial charge on any atom is 0.355 e. The van der Waals surface area contributed by atoms with Gasteiger partial charge in [-0.1, -0.05) is 47.7 Å². The van der Waals surface area contributed by atoms with Crippen molar-refractivity contribution in [3.63, 3.8) is 0 Å². The van der Waals surface area contributed by atoms with Gasteiger partial charge in [-0.05, 0) is 130 Å². The van der Waals surface area contributed by atoms with Crippen LogP contribution < -0.4 is 15.0 Å². The second kappa shape index (κ2) is 15.4. The average Bonchev–Trinajstić information content (AvgIpc) is 3.79. The lowest BCUT2D eigenvalue weighted by Crippen LogP contribution is -2.42. The number of fused-ring (bicyclic) bond motifs is 2. The Balaban J connectivity index is 0.967. The van der Waals surface area contributed by atoms with E-state index in [-0.39, 0.29) is 29.1 Å². The van der Waals surface area contributed by atoms with Gasteiger partial charge in [0, 0.05) is 24.2 Å². The number of amides is 1. The highest BCUT2D eigenvalue weighted by atomic mass is 32.1. The molecule has 1 amide bonds. The molecule has 284 valence electrons. The summed E-state index contributed by atoms with van der Waals surface area (Å²) in [5.74, 6) is -0.198. The Bertz CT molecular complexity index is 2230. The first kappa shape index (κ1) is 36.6. The van der Waals surface area contributed by atoms with Crippen LogP contribution in [0.1, 0.15) is 76.6 Å². The molecule has 1 saturated heterocycles. The van der Waals surface area contributed by atoms with Crippen LogP contribution in [-0.2, 0) is 22.5 Å². The third kappa shape index (κ3) is 7.66. The number of nitrogens with zero attached hydrogens (tertiary/aromatic N) is 4. The predicted molar refractivity (Wildman–Crippen MR) is 213 cm³/mol. The van der Waals surface area contributed by atoms with Gasteiger partial charge in [-0.3, -0.25) is 19.8 Å². The first-order valence-electron chi connectivity index (χ1n) is 19.1. The zero-order valence-corrected chi connectivity index (χ0v) is 32.0. The van der Waals surface area contributed by atoms with Gasteiger partial charge in [0.05, 0.1) is 29.5 Å². The van der Waals surface area contributed by atoms with Gasteiger partial charge in [-0.25, -0.2) is 14.8 Å². The van der Waals surface area contributed by atoms with E-state index in [4.69, 9.17) is 14.5 Å². The van der Waals surface area contributed by atoms with Gasteiger partial charge >= 0.3 is 11.9 Å². The number of anilines is 2. The number of aromatic carboxylic acids is 1. The van der Waals surface area contributed by atoms with Gasteiger partial charge in [0.15, 0.2) is 10.8 Å². The van der Waals surface area contributed by atoms with Crippen LogP contribution in [0.3, 0.4) is 0 Å².